The van der Waals surface area contributed by atoms with Crippen LogP contribution in [-0.4, -0.2) is 16.2 Å². The van der Waals surface area contributed by atoms with E-state index in [4.69, 9.17) is 13.7 Å². The maximum Gasteiger partial charge on any atom is 0.256 e. The van der Waals surface area contributed by atoms with E-state index < -0.39 is 0 Å². The van der Waals surface area contributed by atoms with Crippen LogP contribution < -0.4 is 0 Å². The lowest BCUT2D eigenvalue weighted by atomic mass is 10.0. The topological polar surface area (TPSA) is 61.3 Å². The number of nitrogens with zero attached hydrogens (tertiary/aromatic N) is 2. The molecule has 0 bridgehead atoms. The highest BCUT2D eigenvalue weighted by atomic mass is 16.5. The summed E-state index contributed by atoms with van der Waals surface area (Å²) in [6.45, 7) is 4.19. The molecule has 1 fully saturated rings. The van der Waals surface area contributed by atoms with Gasteiger partial charge < -0.3 is 13.7 Å². The molecular weight excluding hydrogens is 220 g/mol. The minimum absolute atomic E-state index is 0.0850. The molecule has 3 rings (SSSR count). The van der Waals surface area contributed by atoms with Gasteiger partial charge in [0.2, 0.25) is 5.82 Å². The van der Waals surface area contributed by atoms with Crippen LogP contribution in [0.15, 0.2) is 27.5 Å². The summed E-state index contributed by atoms with van der Waals surface area (Å²) in [6.07, 6.45) is 4.37. The van der Waals surface area contributed by atoms with E-state index in [-0.39, 0.29) is 12.2 Å². The van der Waals surface area contributed by atoms with Gasteiger partial charge in [0.25, 0.3) is 5.89 Å². The minimum atomic E-state index is -0.0850. The molecule has 0 aliphatic carbocycles. The Morgan fingerprint density at radius 2 is 2.24 bits per heavy atom. The summed E-state index contributed by atoms with van der Waals surface area (Å²) in [5, 5.41) is 3.94. The average molecular weight is 234 g/mol. The monoisotopic (exact) mass is 234 g/mol. The molecule has 1 saturated heterocycles. The number of ether oxygens (including phenoxy) is 1. The first-order valence-electron chi connectivity index (χ1n) is 5.75. The van der Waals surface area contributed by atoms with E-state index >= 15 is 0 Å². The second-order valence-corrected chi connectivity index (χ2v) is 4.55. The van der Waals surface area contributed by atoms with Crippen molar-refractivity contribution in [1.82, 2.24) is 10.1 Å². The SMILES string of the molecule is CC1CC(C)C(c2nc(-c3ccoc3)no2)O1. The van der Waals surface area contributed by atoms with Crippen LogP contribution in [0.25, 0.3) is 11.4 Å². The van der Waals surface area contributed by atoms with Gasteiger partial charge in [0.1, 0.15) is 12.4 Å². The molecule has 17 heavy (non-hydrogen) atoms. The normalized spacial score (nSPS) is 28.7. The standard InChI is InChI=1S/C12H14N2O3/c1-7-5-8(2)16-10(7)12-13-11(14-17-12)9-3-4-15-6-9/h3-4,6-8,10H,5H2,1-2H3. The van der Waals surface area contributed by atoms with Crippen molar-refractivity contribution in [2.75, 3.05) is 0 Å². The first-order chi connectivity index (χ1) is 8.24. The zero-order valence-corrected chi connectivity index (χ0v) is 9.79. The molecule has 3 heterocycles. The molecule has 0 amide bonds. The highest BCUT2D eigenvalue weighted by Crippen LogP contribution is 2.37. The first kappa shape index (κ1) is 10.5. The Labute approximate surface area is 98.8 Å². The summed E-state index contributed by atoms with van der Waals surface area (Å²) < 4.78 is 16.0. The largest absolute Gasteiger partial charge is 0.472 e. The van der Waals surface area contributed by atoms with Gasteiger partial charge in [-0.25, -0.2) is 0 Å². The zero-order valence-electron chi connectivity index (χ0n) is 9.79. The predicted molar refractivity (Wildman–Crippen MR) is 59.1 cm³/mol. The van der Waals surface area contributed by atoms with E-state index in [0.29, 0.717) is 17.6 Å². The number of rotatable bonds is 2. The van der Waals surface area contributed by atoms with Gasteiger partial charge >= 0.3 is 0 Å². The second-order valence-electron chi connectivity index (χ2n) is 4.55. The average Bonchev–Trinajstić information content (AvgIpc) is 2.97. The summed E-state index contributed by atoms with van der Waals surface area (Å²) in [4.78, 5) is 4.36. The first-order valence-corrected chi connectivity index (χ1v) is 5.75. The van der Waals surface area contributed by atoms with Gasteiger partial charge in [-0.2, -0.15) is 4.98 Å². The van der Waals surface area contributed by atoms with E-state index in [1.165, 1.54) is 0 Å². The number of hydrogen-bond acceptors (Lipinski definition) is 5. The van der Waals surface area contributed by atoms with Gasteiger partial charge in [-0.15, -0.1) is 0 Å². The van der Waals surface area contributed by atoms with Gasteiger partial charge in [0, 0.05) is 0 Å². The van der Waals surface area contributed by atoms with Crippen molar-refractivity contribution >= 4 is 0 Å². The fraction of sp³-hybridized carbons (Fsp3) is 0.500. The van der Waals surface area contributed by atoms with Crippen molar-refractivity contribution in [3.05, 3.63) is 24.5 Å². The van der Waals surface area contributed by atoms with Crippen molar-refractivity contribution in [3.63, 3.8) is 0 Å². The summed E-state index contributed by atoms with van der Waals surface area (Å²) in [6, 6.07) is 1.80. The molecule has 90 valence electrons. The van der Waals surface area contributed by atoms with Crippen LogP contribution in [0.2, 0.25) is 0 Å². The van der Waals surface area contributed by atoms with Crippen LogP contribution in [0.5, 0.6) is 0 Å². The van der Waals surface area contributed by atoms with Crippen LogP contribution in [0.1, 0.15) is 32.3 Å². The summed E-state index contributed by atoms with van der Waals surface area (Å²) in [5.41, 5.74) is 0.818. The lowest BCUT2D eigenvalue weighted by molar-refractivity contribution is 0.0243. The van der Waals surface area contributed by atoms with E-state index in [0.717, 1.165) is 12.0 Å². The molecule has 0 aromatic carbocycles. The van der Waals surface area contributed by atoms with Crippen molar-refractivity contribution in [2.45, 2.75) is 32.5 Å². The van der Waals surface area contributed by atoms with E-state index in [9.17, 15) is 0 Å². The summed E-state index contributed by atoms with van der Waals surface area (Å²) in [5.74, 6) is 1.50. The zero-order chi connectivity index (χ0) is 11.8. The van der Waals surface area contributed by atoms with Crippen LogP contribution >= 0.6 is 0 Å². The second kappa shape index (κ2) is 4.00. The van der Waals surface area contributed by atoms with E-state index in [1.54, 1.807) is 18.6 Å². The maximum atomic E-state index is 5.77. The summed E-state index contributed by atoms with van der Waals surface area (Å²) in [7, 11) is 0. The third kappa shape index (κ3) is 1.86. The molecule has 0 N–H and O–H groups in total. The molecule has 0 radical (unpaired) electrons. The molecule has 3 atom stereocenters. The van der Waals surface area contributed by atoms with Gasteiger partial charge in [-0.1, -0.05) is 12.1 Å². The van der Waals surface area contributed by atoms with Crippen molar-refractivity contribution < 1.29 is 13.7 Å². The van der Waals surface area contributed by atoms with Crippen LogP contribution in [0, 0.1) is 5.92 Å². The van der Waals surface area contributed by atoms with Gasteiger partial charge in [-0.3, -0.25) is 0 Å². The molecular formula is C12H14N2O3. The molecule has 3 unspecified atom stereocenters. The molecule has 2 aromatic rings. The van der Waals surface area contributed by atoms with Gasteiger partial charge in [0.15, 0.2) is 0 Å². The molecule has 0 spiro atoms. The molecule has 2 aromatic heterocycles. The Bertz CT molecular complexity index is 492. The number of aromatic nitrogens is 2. The van der Waals surface area contributed by atoms with E-state index in [1.807, 2.05) is 0 Å². The molecule has 5 nitrogen and oxygen atoms in total. The Balaban J connectivity index is 1.86. The molecule has 1 aliphatic heterocycles. The number of furan rings is 1. The van der Waals surface area contributed by atoms with Crippen LogP contribution in [0.3, 0.4) is 0 Å². The highest BCUT2D eigenvalue weighted by molar-refractivity contribution is 5.51. The Morgan fingerprint density at radius 1 is 1.35 bits per heavy atom. The van der Waals surface area contributed by atoms with E-state index in [2.05, 4.69) is 24.0 Å². The Hall–Kier alpha value is -1.62. The quantitative estimate of drug-likeness (QED) is 0.799. The maximum absolute atomic E-state index is 5.77. The number of hydrogen-bond donors (Lipinski definition) is 0. The lowest BCUT2D eigenvalue weighted by Crippen LogP contribution is -2.04. The lowest BCUT2D eigenvalue weighted by Gasteiger charge is -2.08. The van der Waals surface area contributed by atoms with Crippen LogP contribution in [-0.2, 0) is 4.74 Å². The Morgan fingerprint density at radius 3 is 2.88 bits per heavy atom. The highest BCUT2D eigenvalue weighted by Gasteiger charge is 2.35. The third-order valence-electron chi connectivity index (χ3n) is 3.06. The van der Waals surface area contributed by atoms with Crippen molar-refractivity contribution in [3.8, 4) is 11.4 Å². The van der Waals surface area contributed by atoms with Crippen LogP contribution in [0.4, 0.5) is 0 Å². The van der Waals surface area contributed by atoms with Gasteiger partial charge in [0.05, 0.1) is 17.9 Å². The molecule has 5 heteroatoms. The fourth-order valence-electron chi connectivity index (χ4n) is 2.25. The smallest absolute Gasteiger partial charge is 0.256 e. The summed E-state index contributed by atoms with van der Waals surface area (Å²) >= 11 is 0. The molecule has 1 aliphatic rings. The van der Waals surface area contributed by atoms with Crippen molar-refractivity contribution in [2.24, 2.45) is 5.92 Å². The predicted octanol–water partition coefficient (Wildman–Crippen LogP) is 2.82. The third-order valence-corrected chi connectivity index (χ3v) is 3.06. The minimum Gasteiger partial charge on any atom is -0.472 e. The van der Waals surface area contributed by atoms with Crippen molar-refractivity contribution in [1.29, 1.82) is 0 Å². The molecule has 0 saturated carbocycles. The fourth-order valence-corrected chi connectivity index (χ4v) is 2.25. The Kier molecular flexibility index (Phi) is 2.48. The van der Waals surface area contributed by atoms with Gasteiger partial charge in [-0.05, 0) is 25.3 Å².